The third-order valence-corrected chi connectivity index (χ3v) is 5.21. The van der Waals surface area contributed by atoms with Gasteiger partial charge >= 0.3 is 0 Å². The van der Waals surface area contributed by atoms with Crippen molar-refractivity contribution in [3.05, 3.63) is 101 Å². The van der Waals surface area contributed by atoms with E-state index in [0.29, 0.717) is 30.0 Å². The predicted molar refractivity (Wildman–Crippen MR) is 123 cm³/mol. The highest BCUT2D eigenvalue weighted by Gasteiger charge is 2.16. The molecular formula is C26H24N2O4. The Kier molecular flexibility index (Phi) is 6.51. The molecule has 32 heavy (non-hydrogen) atoms. The van der Waals surface area contributed by atoms with Crippen LogP contribution in [0.2, 0.25) is 0 Å². The van der Waals surface area contributed by atoms with E-state index in [1.54, 1.807) is 37.4 Å². The lowest BCUT2D eigenvalue weighted by atomic mass is 10.0. The van der Waals surface area contributed by atoms with Crippen molar-refractivity contribution in [2.45, 2.75) is 6.54 Å². The summed E-state index contributed by atoms with van der Waals surface area (Å²) in [6.07, 6.45) is 4.05. The number of carbonyl (C=O) groups is 2. The monoisotopic (exact) mass is 428 g/mol. The fourth-order valence-corrected chi connectivity index (χ4v) is 3.44. The third kappa shape index (κ3) is 5.16. The van der Waals surface area contributed by atoms with Crippen molar-refractivity contribution in [2.24, 2.45) is 0 Å². The first kappa shape index (κ1) is 21.2. The van der Waals surface area contributed by atoms with E-state index in [-0.39, 0.29) is 0 Å². The largest absolute Gasteiger partial charge is 0.497 e. The summed E-state index contributed by atoms with van der Waals surface area (Å²) in [6.45, 7) is 1.94. The standard InChI is InChI=1S/C26H24N2O4/c1-31-23-11-9-20(10-12-23)25(29)27-26(30)21-8-7-19-13-14-28(18-22(19)17-21)15-16-32-24-5-3-2-4-6-24/h2-14,17H,15-16,18H2,1H3,(H,27,29,30). The van der Waals surface area contributed by atoms with Gasteiger partial charge in [0.15, 0.2) is 0 Å². The molecule has 0 saturated heterocycles. The van der Waals surface area contributed by atoms with E-state index in [4.69, 9.17) is 9.47 Å². The minimum Gasteiger partial charge on any atom is -0.497 e. The number of fused-ring (bicyclic) bond motifs is 1. The number of carbonyl (C=O) groups excluding carboxylic acids is 2. The highest BCUT2D eigenvalue weighted by atomic mass is 16.5. The summed E-state index contributed by atoms with van der Waals surface area (Å²) in [6, 6.07) is 21.8. The maximum absolute atomic E-state index is 12.6. The molecule has 0 fully saturated rings. The maximum atomic E-state index is 12.6. The summed E-state index contributed by atoms with van der Waals surface area (Å²) >= 11 is 0. The maximum Gasteiger partial charge on any atom is 0.258 e. The molecule has 0 aromatic heterocycles. The normalized spacial score (nSPS) is 12.1. The molecule has 0 saturated carbocycles. The van der Waals surface area contributed by atoms with Crippen molar-refractivity contribution in [1.82, 2.24) is 10.2 Å². The van der Waals surface area contributed by atoms with Gasteiger partial charge in [-0.2, -0.15) is 0 Å². The summed E-state index contributed by atoms with van der Waals surface area (Å²) < 4.78 is 10.9. The number of nitrogens with one attached hydrogen (secondary N) is 1. The van der Waals surface area contributed by atoms with Gasteiger partial charge < -0.3 is 14.4 Å². The van der Waals surface area contributed by atoms with E-state index in [1.165, 1.54) is 0 Å². The van der Waals surface area contributed by atoms with Gasteiger partial charge in [-0.25, -0.2) is 0 Å². The molecule has 1 heterocycles. The summed E-state index contributed by atoms with van der Waals surface area (Å²) in [5, 5.41) is 2.45. The average molecular weight is 428 g/mol. The number of nitrogens with zero attached hydrogens (tertiary/aromatic N) is 1. The molecule has 3 aromatic rings. The quantitative estimate of drug-likeness (QED) is 0.573. The molecule has 6 nitrogen and oxygen atoms in total. The van der Waals surface area contributed by atoms with Gasteiger partial charge in [-0.3, -0.25) is 14.9 Å². The van der Waals surface area contributed by atoms with Crippen molar-refractivity contribution in [3.8, 4) is 11.5 Å². The van der Waals surface area contributed by atoms with Crippen LogP contribution < -0.4 is 14.8 Å². The first-order valence-corrected chi connectivity index (χ1v) is 10.3. The molecule has 1 aliphatic heterocycles. The van der Waals surface area contributed by atoms with Crippen LogP contribution in [0, 0.1) is 0 Å². The van der Waals surface area contributed by atoms with Gasteiger partial charge in [-0.05, 0) is 65.7 Å². The van der Waals surface area contributed by atoms with E-state index in [1.807, 2.05) is 54.7 Å². The molecule has 0 atom stereocenters. The van der Waals surface area contributed by atoms with Crippen LogP contribution in [0.3, 0.4) is 0 Å². The van der Waals surface area contributed by atoms with Gasteiger partial charge in [0.2, 0.25) is 0 Å². The molecule has 1 aliphatic rings. The second kappa shape index (κ2) is 9.83. The van der Waals surface area contributed by atoms with Crippen LogP contribution in [0.5, 0.6) is 11.5 Å². The van der Waals surface area contributed by atoms with Crippen molar-refractivity contribution in [2.75, 3.05) is 20.3 Å². The molecule has 0 radical (unpaired) electrons. The lowest BCUT2D eigenvalue weighted by Crippen LogP contribution is -2.31. The molecule has 1 N–H and O–H groups in total. The Labute approximate surface area is 187 Å². The highest BCUT2D eigenvalue weighted by molar-refractivity contribution is 6.10. The zero-order chi connectivity index (χ0) is 22.3. The van der Waals surface area contributed by atoms with Crippen LogP contribution in [-0.2, 0) is 6.54 Å². The fourth-order valence-electron chi connectivity index (χ4n) is 3.44. The number of ether oxygens (including phenoxy) is 2. The van der Waals surface area contributed by atoms with Crippen molar-refractivity contribution in [1.29, 1.82) is 0 Å². The summed E-state index contributed by atoms with van der Waals surface area (Å²) in [4.78, 5) is 27.2. The number of methoxy groups -OCH3 is 1. The number of rotatable bonds is 7. The number of imide groups is 1. The van der Waals surface area contributed by atoms with Gasteiger partial charge in [-0.1, -0.05) is 24.3 Å². The molecule has 0 bridgehead atoms. The molecule has 4 rings (SSSR count). The van der Waals surface area contributed by atoms with Crippen LogP contribution in [0.15, 0.2) is 79.0 Å². The minimum atomic E-state index is -0.449. The van der Waals surface area contributed by atoms with Crippen LogP contribution in [-0.4, -0.2) is 37.0 Å². The van der Waals surface area contributed by atoms with Gasteiger partial charge in [0.05, 0.1) is 13.7 Å². The summed E-state index contributed by atoms with van der Waals surface area (Å²) in [7, 11) is 1.56. The molecule has 3 aromatic carbocycles. The van der Waals surface area contributed by atoms with E-state index in [2.05, 4.69) is 10.2 Å². The number of hydrogen-bond donors (Lipinski definition) is 1. The minimum absolute atomic E-state index is 0.393. The Morgan fingerprint density at radius 3 is 2.38 bits per heavy atom. The molecule has 6 heteroatoms. The van der Waals surface area contributed by atoms with E-state index in [0.717, 1.165) is 23.4 Å². The van der Waals surface area contributed by atoms with E-state index >= 15 is 0 Å². The Balaban J connectivity index is 1.35. The zero-order valence-corrected chi connectivity index (χ0v) is 17.8. The van der Waals surface area contributed by atoms with Gasteiger partial charge in [0, 0.05) is 23.9 Å². The van der Waals surface area contributed by atoms with Crippen molar-refractivity contribution < 1.29 is 19.1 Å². The number of amides is 2. The first-order valence-electron chi connectivity index (χ1n) is 10.3. The molecule has 0 spiro atoms. The van der Waals surface area contributed by atoms with Crippen LogP contribution in [0.25, 0.3) is 6.08 Å². The molecule has 0 aliphatic carbocycles. The molecule has 2 amide bonds. The topological polar surface area (TPSA) is 67.9 Å². The Morgan fingerprint density at radius 1 is 0.906 bits per heavy atom. The zero-order valence-electron chi connectivity index (χ0n) is 17.8. The van der Waals surface area contributed by atoms with Crippen molar-refractivity contribution >= 4 is 17.9 Å². The van der Waals surface area contributed by atoms with Gasteiger partial charge in [0.1, 0.15) is 18.1 Å². The first-order chi connectivity index (χ1) is 15.6. The van der Waals surface area contributed by atoms with Gasteiger partial charge in [0.25, 0.3) is 11.8 Å². The lowest BCUT2D eigenvalue weighted by molar-refractivity contribution is 0.0849. The van der Waals surface area contributed by atoms with Crippen molar-refractivity contribution in [3.63, 3.8) is 0 Å². The smallest absolute Gasteiger partial charge is 0.258 e. The fraction of sp³-hybridized carbons (Fsp3) is 0.154. The van der Waals surface area contributed by atoms with Crippen LogP contribution in [0.1, 0.15) is 31.8 Å². The van der Waals surface area contributed by atoms with Crippen LogP contribution >= 0.6 is 0 Å². The average Bonchev–Trinajstić information content (AvgIpc) is 2.84. The van der Waals surface area contributed by atoms with Gasteiger partial charge in [-0.15, -0.1) is 0 Å². The second-order valence-electron chi connectivity index (χ2n) is 7.37. The third-order valence-electron chi connectivity index (χ3n) is 5.21. The molecular weight excluding hydrogens is 404 g/mol. The predicted octanol–water partition coefficient (Wildman–Crippen LogP) is 4.13. The molecule has 162 valence electrons. The Hall–Kier alpha value is -4.06. The number of para-hydroxylation sites is 1. The molecule has 0 unspecified atom stereocenters. The summed E-state index contributed by atoms with van der Waals surface area (Å²) in [5.74, 6) is 0.612. The summed E-state index contributed by atoms with van der Waals surface area (Å²) in [5.41, 5.74) is 2.92. The Bertz CT molecular complexity index is 1120. The lowest BCUT2D eigenvalue weighted by Gasteiger charge is -2.25. The number of benzene rings is 3. The van der Waals surface area contributed by atoms with Crippen LogP contribution in [0.4, 0.5) is 0 Å². The van der Waals surface area contributed by atoms with E-state index in [9.17, 15) is 9.59 Å². The second-order valence-corrected chi connectivity index (χ2v) is 7.37. The number of hydrogen-bond acceptors (Lipinski definition) is 5. The Morgan fingerprint density at radius 2 is 1.62 bits per heavy atom. The van der Waals surface area contributed by atoms with E-state index < -0.39 is 11.8 Å². The highest BCUT2D eigenvalue weighted by Crippen LogP contribution is 2.21. The SMILES string of the molecule is COc1ccc(C(=O)NC(=O)c2ccc3c(c2)CN(CCOc2ccccc2)C=C3)cc1.